The summed E-state index contributed by atoms with van der Waals surface area (Å²) in [5.41, 5.74) is 2.11. The van der Waals surface area contributed by atoms with Crippen LogP contribution in [-0.2, 0) is 4.74 Å². The largest absolute Gasteiger partial charge is 0.444 e. The van der Waals surface area contributed by atoms with E-state index in [4.69, 9.17) is 4.74 Å². The predicted octanol–water partition coefficient (Wildman–Crippen LogP) is 4.17. The van der Waals surface area contributed by atoms with E-state index in [1.165, 1.54) is 11.3 Å². The highest BCUT2D eigenvalue weighted by atomic mass is 32.1. The first-order valence-corrected chi connectivity index (χ1v) is 10.3. The monoisotopic (exact) mass is 401 g/mol. The molecule has 0 saturated carbocycles. The molecule has 1 N–H and O–H groups in total. The van der Waals surface area contributed by atoms with Gasteiger partial charge in [0.2, 0.25) is 0 Å². The van der Waals surface area contributed by atoms with Crippen LogP contribution in [-0.4, -0.2) is 46.6 Å². The molecule has 2 amide bonds. The molecular formula is C21H27N3O3S. The van der Waals surface area contributed by atoms with Crippen molar-refractivity contribution in [3.63, 3.8) is 0 Å². The van der Waals surface area contributed by atoms with Crippen molar-refractivity contribution in [1.29, 1.82) is 0 Å². The van der Waals surface area contributed by atoms with Crippen LogP contribution in [0.3, 0.4) is 0 Å². The van der Waals surface area contributed by atoms with Crippen LogP contribution in [0.25, 0.3) is 10.4 Å². The van der Waals surface area contributed by atoms with Crippen molar-refractivity contribution >= 4 is 23.3 Å². The number of nitrogens with zero attached hydrogens (tertiary/aromatic N) is 2. The molecule has 1 fully saturated rings. The van der Waals surface area contributed by atoms with Crippen molar-refractivity contribution in [2.24, 2.45) is 0 Å². The highest BCUT2D eigenvalue weighted by Gasteiger charge is 2.35. The number of likely N-dealkylation sites (tertiary alicyclic amines) is 1. The molecule has 7 heteroatoms. The third-order valence-corrected chi connectivity index (χ3v) is 5.52. The number of thiazole rings is 1. The maximum atomic E-state index is 13.1. The van der Waals surface area contributed by atoms with E-state index < -0.39 is 11.7 Å². The normalized spacial score (nSPS) is 16.5. The third-order valence-electron chi connectivity index (χ3n) is 4.50. The van der Waals surface area contributed by atoms with Crippen LogP contribution in [0.5, 0.6) is 0 Å². The zero-order chi connectivity index (χ0) is 20.5. The number of nitrogens with one attached hydrogen (secondary N) is 1. The molecule has 0 radical (unpaired) electrons. The van der Waals surface area contributed by atoms with Gasteiger partial charge in [0.05, 0.1) is 15.9 Å². The molecule has 3 rings (SSSR count). The summed E-state index contributed by atoms with van der Waals surface area (Å²) in [5, 5.41) is 3.63. The summed E-state index contributed by atoms with van der Waals surface area (Å²) in [4.78, 5) is 32.2. The van der Waals surface area contributed by atoms with Crippen molar-refractivity contribution in [1.82, 2.24) is 15.2 Å². The van der Waals surface area contributed by atoms with Gasteiger partial charge in [0.15, 0.2) is 0 Å². The lowest BCUT2D eigenvalue weighted by molar-refractivity contribution is 0.0371. The Balaban J connectivity index is 1.70. The third kappa shape index (κ3) is 4.70. The van der Waals surface area contributed by atoms with E-state index in [1.54, 1.807) is 4.90 Å². The first-order valence-electron chi connectivity index (χ1n) is 9.46. The molecule has 28 heavy (non-hydrogen) atoms. The molecule has 1 aromatic carbocycles. The van der Waals surface area contributed by atoms with E-state index in [9.17, 15) is 9.59 Å². The van der Waals surface area contributed by atoms with Crippen molar-refractivity contribution in [3.05, 3.63) is 40.5 Å². The second kappa shape index (κ2) is 7.91. The van der Waals surface area contributed by atoms with Gasteiger partial charge in [-0.1, -0.05) is 29.8 Å². The highest BCUT2D eigenvalue weighted by Crippen LogP contribution is 2.33. The van der Waals surface area contributed by atoms with Gasteiger partial charge in [-0.25, -0.2) is 9.78 Å². The Hall–Kier alpha value is -2.41. The number of rotatable bonds is 4. The Morgan fingerprint density at radius 3 is 2.68 bits per heavy atom. The molecule has 2 heterocycles. The Labute approximate surface area is 169 Å². The van der Waals surface area contributed by atoms with E-state index in [0.29, 0.717) is 18.8 Å². The maximum absolute atomic E-state index is 13.1. The van der Waals surface area contributed by atoms with Crippen LogP contribution in [0.1, 0.15) is 48.3 Å². The van der Waals surface area contributed by atoms with Crippen LogP contribution in [0.15, 0.2) is 24.3 Å². The summed E-state index contributed by atoms with van der Waals surface area (Å²) < 4.78 is 5.26. The van der Waals surface area contributed by atoms with Crippen molar-refractivity contribution in [2.45, 2.75) is 52.7 Å². The molecule has 150 valence electrons. The zero-order valence-electron chi connectivity index (χ0n) is 17.0. The number of aromatic nitrogens is 1. The summed E-state index contributed by atoms with van der Waals surface area (Å²) >= 11 is 1.53. The van der Waals surface area contributed by atoms with Gasteiger partial charge in [-0.05, 0) is 46.6 Å². The quantitative estimate of drug-likeness (QED) is 0.835. The Morgan fingerprint density at radius 2 is 2.07 bits per heavy atom. The van der Waals surface area contributed by atoms with Gasteiger partial charge in [-0.3, -0.25) is 4.79 Å². The first-order chi connectivity index (χ1) is 13.1. The smallest absolute Gasteiger partial charge is 0.407 e. The van der Waals surface area contributed by atoms with Crippen LogP contribution < -0.4 is 5.32 Å². The minimum Gasteiger partial charge on any atom is -0.444 e. The van der Waals surface area contributed by atoms with Crippen molar-refractivity contribution in [2.75, 3.05) is 13.1 Å². The van der Waals surface area contributed by atoms with Crippen LogP contribution in [0.4, 0.5) is 4.79 Å². The van der Waals surface area contributed by atoms with E-state index in [2.05, 4.69) is 16.4 Å². The number of hydrogen-bond acceptors (Lipinski definition) is 5. The van der Waals surface area contributed by atoms with Crippen molar-refractivity contribution < 1.29 is 14.3 Å². The van der Waals surface area contributed by atoms with Gasteiger partial charge in [-0.2, -0.15) is 0 Å². The minimum absolute atomic E-state index is 0.0348. The number of alkyl carbamates (subject to hydrolysis) is 1. The average molecular weight is 402 g/mol. The Kier molecular flexibility index (Phi) is 5.74. The molecule has 1 aliphatic rings. The summed E-state index contributed by atoms with van der Waals surface area (Å²) in [7, 11) is 0. The van der Waals surface area contributed by atoms with Gasteiger partial charge in [0.25, 0.3) is 5.91 Å². The van der Waals surface area contributed by atoms with Crippen LogP contribution in [0.2, 0.25) is 0 Å². The lowest BCUT2D eigenvalue weighted by Crippen LogP contribution is -2.56. The molecule has 2 aromatic rings. The summed E-state index contributed by atoms with van der Waals surface area (Å²) in [5.74, 6) is -0.0805. The van der Waals surface area contributed by atoms with Gasteiger partial charge >= 0.3 is 6.09 Å². The van der Waals surface area contributed by atoms with E-state index in [0.717, 1.165) is 27.4 Å². The zero-order valence-corrected chi connectivity index (χ0v) is 17.9. The van der Waals surface area contributed by atoms with Crippen molar-refractivity contribution in [3.8, 4) is 10.4 Å². The fraction of sp³-hybridized carbons (Fsp3) is 0.476. The molecule has 0 aliphatic carbocycles. The fourth-order valence-electron chi connectivity index (χ4n) is 3.13. The Bertz CT molecular complexity index is 885. The number of amides is 2. The van der Waals surface area contributed by atoms with E-state index in [-0.39, 0.29) is 11.9 Å². The van der Waals surface area contributed by atoms with Crippen LogP contribution in [0, 0.1) is 13.8 Å². The predicted molar refractivity (Wildman–Crippen MR) is 111 cm³/mol. The number of aryl methyl sites for hydroxylation is 2. The fourth-order valence-corrected chi connectivity index (χ4v) is 4.03. The summed E-state index contributed by atoms with van der Waals surface area (Å²) in [6.07, 6.45) is 0.390. The van der Waals surface area contributed by atoms with Gasteiger partial charge < -0.3 is 15.0 Å². The van der Waals surface area contributed by atoms with Crippen LogP contribution >= 0.6 is 11.3 Å². The molecule has 1 aliphatic heterocycles. The molecule has 6 nitrogen and oxygen atoms in total. The number of hydrogen-bond donors (Lipinski definition) is 1. The van der Waals surface area contributed by atoms with E-state index in [1.807, 2.05) is 52.8 Å². The summed E-state index contributed by atoms with van der Waals surface area (Å²) in [6, 6.07) is 8.07. The topological polar surface area (TPSA) is 71.5 Å². The Morgan fingerprint density at radius 1 is 1.32 bits per heavy atom. The SMILES string of the molecule is Cc1cccc(-c2sc(C)nc2C(=O)N2CCC2CNC(=O)OC(C)(C)C)c1. The van der Waals surface area contributed by atoms with Gasteiger partial charge in [-0.15, -0.1) is 11.3 Å². The average Bonchev–Trinajstić information content (AvgIpc) is 2.94. The second-order valence-corrected chi connectivity index (χ2v) is 9.31. The lowest BCUT2D eigenvalue weighted by Gasteiger charge is -2.40. The molecule has 1 saturated heterocycles. The first kappa shape index (κ1) is 20.3. The maximum Gasteiger partial charge on any atom is 0.407 e. The molecule has 1 aromatic heterocycles. The number of ether oxygens (including phenoxy) is 1. The molecule has 1 atom stereocenters. The highest BCUT2D eigenvalue weighted by molar-refractivity contribution is 7.15. The van der Waals surface area contributed by atoms with Gasteiger partial charge in [0.1, 0.15) is 11.3 Å². The molecule has 0 spiro atoms. The minimum atomic E-state index is -0.542. The number of benzene rings is 1. The van der Waals surface area contributed by atoms with E-state index >= 15 is 0 Å². The molecule has 0 bridgehead atoms. The number of carbonyl (C=O) groups excluding carboxylic acids is 2. The summed E-state index contributed by atoms with van der Waals surface area (Å²) in [6.45, 7) is 10.5. The lowest BCUT2D eigenvalue weighted by atomic mass is 10.0. The van der Waals surface area contributed by atoms with Gasteiger partial charge in [0, 0.05) is 13.1 Å². The standard InChI is InChI=1S/C21H27N3O3S/c1-13-7-6-8-15(11-13)18-17(23-14(2)28-18)19(25)24-10-9-16(24)12-22-20(26)27-21(3,4)5/h6-8,11,16H,9-10,12H2,1-5H3,(H,22,26). The molecular weight excluding hydrogens is 374 g/mol. The molecule has 1 unspecified atom stereocenters. The number of carbonyl (C=O) groups is 2. The second-order valence-electron chi connectivity index (χ2n) is 8.10.